The van der Waals surface area contributed by atoms with Crippen LogP contribution in [0.3, 0.4) is 0 Å². The lowest BCUT2D eigenvalue weighted by atomic mass is 9.95. The van der Waals surface area contributed by atoms with Gasteiger partial charge in [-0.15, -0.1) is 0 Å². The van der Waals surface area contributed by atoms with E-state index < -0.39 is 18.2 Å². The molecule has 0 bridgehead atoms. The van der Waals surface area contributed by atoms with E-state index in [2.05, 4.69) is 38.2 Å². The quantitative estimate of drug-likeness (QED) is 0.0579. The summed E-state index contributed by atoms with van der Waals surface area (Å²) in [7, 11) is 0. The molecule has 0 saturated heterocycles. The summed E-state index contributed by atoms with van der Waals surface area (Å²) in [6.45, 7) is 4.50. The molecule has 4 N–H and O–H groups in total. The Morgan fingerprint density at radius 2 is 0.975 bits per heavy atom. The van der Waals surface area contributed by atoms with Crippen molar-refractivity contribution in [3.8, 4) is 0 Å². The molecule has 0 saturated carbocycles. The minimum atomic E-state index is -1.25. The Morgan fingerprint density at radius 1 is 0.575 bits per heavy atom. The second-order valence-electron chi connectivity index (χ2n) is 12.1. The van der Waals surface area contributed by atoms with Crippen LogP contribution in [0.1, 0.15) is 181 Å². The fraction of sp³-hybridized carbons (Fsp3) is 0.861. The van der Waals surface area contributed by atoms with Crippen molar-refractivity contribution in [1.29, 1.82) is 0 Å². The molecule has 4 heteroatoms. The number of carbonyl (C=O) groups is 1. The third-order valence-electron chi connectivity index (χ3n) is 8.12. The van der Waals surface area contributed by atoms with Gasteiger partial charge in [0.05, 0.1) is 12.1 Å². The number of hydrogen-bond acceptors (Lipinski definition) is 4. The molecular formula is C36H69NO3. The first-order valence-electron chi connectivity index (χ1n) is 17.5. The van der Waals surface area contributed by atoms with Crippen molar-refractivity contribution in [3.63, 3.8) is 0 Å². The number of unbranched alkanes of at least 4 members (excludes halogenated alkanes) is 20. The topological polar surface area (TPSA) is 83.5 Å². The molecule has 0 aromatic rings. The highest BCUT2D eigenvalue weighted by atomic mass is 16.3. The SMILES string of the molecule is CCCCC/C=C\C/C=C\CCCCCCCC(=O)C(O)[C@H](N)[C@H](O)CCCCCCCCCCCCCCC. The average molecular weight is 564 g/mol. The van der Waals surface area contributed by atoms with Gasteiger partial charge in [-0.25, -0.2) is 0 Å². The molecule has 40 heavy (non-hydrogen) atoms. The van der Waals surface area contributed by atoms with Crippen molar-refractivity contribution in [3.05, 3.63) is 24.3 Å². The molecule has 0 aliphatic heterocycles. The predicted molar refractivity (Wildman–Crippen MR) is 175 cm³/mol. The normalized spacial score (nSPS) is 14.3. The van der Waals surface area contributed by atoms with Gasteiger partial charge in [0.2, 0.25) is 0 Å². The van der Waals surface area contributed by atoms with Crippen LogP contribution >= 0.6 is 0 Å². The summed E-state index contributed by atoms with van der Waals surface area (Å²) in [6, 6.07) is -0.872. The smallest absolute Gasteiger partial charge is 0.162 e. The first-order chi connectivity index (χ1) is 19.5. The van der Waals surface area contributed by atoms with Gasteiger partial charge in [-0.05, 0) is 44.9 Å². The monoisotopic (exact) mass is 564 g/mol. The van der Waals surface area contributed by atoms with Gasteiger partial charge in [0, 0.05) is 6.42 Å². The first-order valence-corrected chi connectivity index (χ1v) is 17.5. The summed E-state index contributed by atoms with van der Waals surface area (Å²) in [5, 5.41) is 20.7. The van der Waals surface area contributed by atoms with E-state index in [0.717, 1.165) is 44.9 Å². The summed E-state index contributed by atoms with van der Waals surface area (Å²) in [4.78, 5) is 12.4. The molecule has 1 unspecified atom stereocenters. The molecule has 3 atom stereocenters. The van der Waals surface area contributed by atoms with Gasteiger partial charge >= 0.3 is 0 Å². The van der Waals surface area contributed by atoms with Crippen LogP contribution in [0.4, 0.5) is 0 Å². The van der Waals surface area contributed by atoms with Crippen LogP contribution in [0.15, 0.2) is 24.3 Å². The highest BCUT2D eigenvalue weighted by Gasteiger charge is 2.27. The predicted octanol–water partition coefficient (Wildman–Crippen LogP) is 9.90. The van der Waals surface area contributed by atoms with Gasteiger partial charge < -0.3 is 15.9 Å². The van der Waals surface area contributed by atoms with Crippen LogP contribution in [0.5, 0.6) is 0 Å². The molecule has 0 aromatic heterocycles. The van der Waals surface area contributed by atoms with E-state index in [9.17, 15) is 15.0 Å². The fourth-order valence-electron chi connectivity index (χ4n) is 5.25. The zero-order chi connectivity index (χ0) is 29.5. The van der Waals surface area contributed by atoms with Crippen molar-refractivity contribution in [1.82, 2.24) is 0 Å². The maximum atomic E-state index is 12.4. The summed E-state index contributed by atoms with van der Waals surface area (Å²) < 4.78 is 0. The Kier molecular flexibility index (Phi) is 30.2. The molecule has 0 rings (SSSR count). The van der Waals surface area contributed by atoms with Gasteiger partial charge in [-0.3, -0.25) is 4.79 Å². The van der Waals surface area contributed by atoms with E-state index in [1.165, 1.54) is 109 Å². The lowest BCUT2D eigenvalue weighted by molar-refractivity contribution is -0.129. The van der Waals surface area contributed by atoms with Gasteiger partial charge in [-0.2, -0.15) is 0 Å². The number of Topliss-reactive ketones (excluding diaryl/α,β-unsaturated/α-hetero) is 1. The number of rotatable bonds is 31. The number of hydrogen-bond donors (Lipinski definition) is 3. The van der Waals surface area contributed by atoms with Gasteiger partial charge in [0.15, 0.2) is 5.78 Å². The van der Waals surface area contributed by atoms with Crippen LogP contribution in [-0.4, -0.2) is 34.2 Å². The van der Waals surface area contributed by atoms with E-state index in [1.54, 1.807) is 0 Å². The lowest BCUT2D eigenvalue weighted by Crippen LogP contribution is -2.48. The van der Waals surface area contributed by atoms with Crippen molar-refractivity contribution < 1.29 is 15.0 Å². The molecule has 0 spiro atoms. The lowest BCUT2D eigenvalue weighted by Gasteiger charge is -2.23. The van der Waals surface area contributed by atoms with Crippen LogP contribution in [0, 0.1) is 0 Å². The van der Waals surface area contributed by atoms with E-state index in [0.29, 0.717) is 12.8 Å². The van der Waals surface area contributed by atoms with Crippen molar-refractivity contribution in [2.24, 2.45) is 5.73 Å². The maximum absolute atomic E-state index is 12.4. The zero-order valence-electron chi connectivity index (χ0n) is 26.8. The van der Waals surface area contributed by atoms with Crippen molar-refractivity contribution in [2.45, 2.75) is 199 Å². The summed E-state index contributed by atoms with van der Waals surface area (Å²) in [5.74, 6) is -0.220. The van der Waals surface area contributed by atoms with Gasteiger partial charge in [0.25, 0.3) is 0 Å². The van der Waals surface area contributed by atoms with E-state index in [-0.39, 0.29) is 5.78 Å². The minimum absolute atomic E-state index is 0.220. The van der Waals surface area contributed by atoms with Gasteiger partial charge in [-0.1, -0.05) is 154 Å². The second-order valence-corrected chi connectivity index (χ2v) is 12.1. The Hall–Kier alpha value is -0.970. The Morgan fingerprint density at radius 3 is 1.50 bits per heavy atom. The molecule has 0 amide bonds. The molecule has 236 valence electrons. The Labute approximate surface area is 249 Å². The van der Waals surface area contributed by atoms with Crippen LogP contribution in [-0.2, 0) is 4.79 Å². The molecule has 4 nitrogen and oxygen atoms in total. The number of allylic oxidation sites excluding steroid dienone is 4. The van der Waals surface area contributed by atoms with Crippen molar-refractivity contribution >= 4 is 5.78 Å². The van der Waals surface area contributed by atoms with E-state index >= 15 is 0 Å². The maximum Gasteiger partial charge on any atom is 0.162 e. The Balaban J connectivity index is 3.63. The van der Waals surface area contributed by atoms with Crippen LogP contribution in [0.25, 0.3) is 0 Å². The number of aliphatic hydroxyl groups is 2. The molecule has 0 aromatic carbocycles. The highest BCUT2D eigenvalue weighted by molar-refractivity contribution is 5.83. The summed E-state index contributed by atoms with van der Waals surface area (Å²) in [5.41, 5.74) is 6.03. The first kappa shape index (κ1) is 39.0. The fourth-order valence-corrected chi connectivity index (χ4v) is 5.25. The highest BCUT2D eigenvalue weighted by Crippen LogP contribution is 2.15. The molecule has 0 aliphatic rings. The second kappa shape index (κ2) is 31.0. The average Bonchev–Trinajstić information content (AvgIpc) is 2.96. The standard InChI is InChI=1S/C36H69NO3/c1-3-5-7-9-11-13-15-17-18-20-22-24-26-28-30-32-34(39)36(40)35(37)33(38)31-29-27-25-23-21-19-16-14-12-10-8-6-4-2/h11,13,17-18,33,35-36,38,40H,3-10,12,14-16,19-32,37H2,1-2H3/b13-11-,18-17-/t33-,35-,36?/m1/s1. The number of ketones is 1. The Bertz CT molecular complexity index is 589. The largest absolute Gasteiger partial charge is 0.391 e. The third kappa shape index (κ3) is 26.0. The molecular weight excluding hydrogens is 494 g/mol. The van der Waals surface area contributed by atoms with E-state index in [4.69, 9.17) is 5.73 Å². The number of aliphatic hydroxyl groups excluding tert-OH is 2. The molecule has 0 fully saturated rings. The molecule has 0 heterocycles. The minimum Gasteiger partial charge on any atom is -0.391 e. The number of carbonyl (C=O) groups excluding carboxylic acids is 1. The van der Waals surface area contributed by atoms with Crippen LogP contribution in [0.2, 0.25) is 0 Å². The molecule has 0 aliphatic carbocycles. The van der Waals surface area contributed by atoms with E-state index in [1.807, 2.05) is 0 Å². The summed E-state index contributed by atoms with van der Waals surface area (Å²) >= 11 is 0. The summed E-state index contributed by atoms with van der Waals surface area (Å²) in [6.07, 6.45) is 37.2. The third-order valence-corrected chi connectivity index (χ3v) is 8.12. The van der Waals surface area contributed by atoms with Crippen molar-refractivity contribution in [2.75, 3.05) is 0 Å². The molecule has 0 radical (unpaired) electrons. The number of nitrogens with two attached hydrogens (primary N) is 1. The van der Waals surface area contributed by atoms with Gasteiger partial charge in [0.1, 0.15) is 6.10 Å². The zero-order valence-corrected chi connectivity index (χ0v) is 26.8. The van der Waals surface area contributed by atoms with Crippen LogP contribution < -0.4 is 5.73 Å².